The van der Waals surface area contributed by atoms with E-state index in [4.69, 9.17) is 4.74 Å². The molecular formula is C25H24N2O3S. The first-order valence-corrected chi connectivity index (χ1v) is 11.1. The second-order valence-corrected chi connectivity index (χ2v) is 8.82. The summed E-state index contributed by atoms with van der Waals surface area (Å²) in [5.74, 6) is -0.0184. The van der Waals surface area contributed by atoms with Crippen LogP contribution in [0.5, 0.6) is 5.75 Å². The van der Waals surface area contributed by atoms with Crippen LogP contribution < -0.4 is 15.0 Å². The Labute approximate surface area is 186 Å². The molecule has 3 aromatic rings. The molecule has 0 spiro atoms. The molecule has 2 amide bonds. The summed E-state index contributed by atoms with van der Waals surface area (Å²) in [6.07, 6.45) is 0.904. The van der Waals surface area contributed by atoms with E-state index in [-0.39, 0.29) is 18.4 Å². The summed E-state index contributed by atoms with van der Waals surface area (Å²) in [6.45, 7) is 2.68. The van der Waals surface area contributed by atoms with Gasteiger partial charge < -0.3 is 15.0 Å². The smallest absolute Gasteiger partial charge is 0.264 e. The van der Waals surface area contributed by atoms with Crippen molar-refractivity contribution in [3.63, 3.8) is 0 Å². The van der Waals surface area contributed by atoms with Crippen molar-refractivity contribution in [3.8, 4) is 5.75 Å². The minimum atomic E-state index is -0.278. The van der Waals surface area contributed by atoms with Gasteiger partial charge in [0.15, 0.2) is 6.61 Å². The lowest BCUT2D eigenvalue weighted by molar-refractivity contribution is -0.120. The lowest BCUT2D eigenvalue weighted by Gasteiger charge is -2.23. The number of carbonyl (C=O) groups excluding carboxylic acids is 2. The number of hydrogen-bond donors (Lipinski definition) is 1. The molecular weight excluding hydrogens is 408 g/mol. The van der Waals surface area contributed by atoms with Crippen LogP contribution in [-0.2, 0) is 4.79 Å². The summed E-state index contributed by atoms with van der Waals surface area (Å²) in [6, 6.07) is 24.2. The van der Waals surface area contributed by atoms with Gasteiger partial charge in [-0.3, -0.25) is 9.59 Å². The van der Waals surface area contributed by atoms with Gasteiger partial charge in [0.1, 0.15) is 5.75 Å². The first kappa shape index (κ1) is 21.0. The van der Waals surface area contributed by atoms with Gasteiger partial charge >= 0.3 is 0 Å². The second kappa shape index (κ2) is 9.71. The molecule has 0 radical (unpaired) electrons. The van der Waals surface area contributed by atoms with Gasteiger partial charge in [-0.15, -0.1) is 11.8 Å². The molecule has 31 heavy (non-hydrogen) atoms. The Morgan fingerprint density at radius 1 is 1.00 bits per heavy atom. The molecule has 1 N–H and O–H groups in total. The minimum Gasteiger partial charge on any atom is -0.483 e. The predicted octanol–water partition coefficient (Wildman–Crippen LogP) is 5.24. The molecule has 3 aromatic carbocycles. The third-order valence-corrected chi connectivity index (χ3v) is 6.30. The van der Waals surface area contributed by atoms with E-state index >= 15 is 0 Å². The van der Waals surface area contributed by atoms with Crippen molar-refractivity contribution >= 4 is 35.0 Å². The summed E-state index contributed by atoms with van der Waals surface area (Å²) >= 11 is 1.79. The fourth-order valence-corrected chi connectivity index (χ4v) is 4.58. The Balaban J connectivity index is 1.47. The highest BCUT2D eigenvalue weighted by Gasteiger charge is 2.24. The molecule has 0 bridgehead atoms. The van der Waals surface area contributed by atoms with E-state index in [0.29, 0.717) is 28.8 Å². The predicted molar refractivity (Wildman–Crippen MR) is 125 cm³/mol. The highest BCUT2D eigenvalue weighted by atomic mass is 32.2. The molecule has 4 rings (SSSR count). The Kier molecular flexibility index (Phi) is 6.57. The van der Waals surface area contributed by atoms with Gasteiger partial charge in [-0.25, -0.2) is 0 Å². The van der Waals surface area contributed by atoms with Crippen molar-refractivity contribution < 1.29 is 14.3 Å². The van der Waals surface area contributed by atoms with E-state index in [1.54, 1.807) is 40.9 Å². The molecule has 5 nitrogen and oxygen atoms in total. The van der Waals surface area contributed by atoms with Crippen molar-refractivity contribution in [2.24, 2.45) is 0 Å². The number of anilines is 2. The molecule has 1 heterocycles. The SMILES string of the molecule is CC1CCN(C(=O)COc2ccccc2C(=O)Nc2ccccc2)c2ccccc2S1. The Bertz CT molecular complexity index is 1070. The zero-order valence-electron chi connectivity index (χ0n) is 17.3. The van der Waals surface area contributed by atoms with Crippen molar-refractivity contribution in [3.05, 3.63) is 84.4 Å². The first-order valence-electron chi connectivity index (χ1n) is 10.3. The van der Waals surface area contributed by atoms with E-state index in [1.165, 1.54) is 0 Å². The minimum absolute atomic E-state index is 0.125. The van der Waals surface area contributed by atoms with Crippen LogP contribution in [0.1, 0.15) is 23.7 Å². The maximum Gasteiger partial charge on any atom is 0.264 e. The quantitative estimate of drug-likeness (QED) is 0.599. The topological polar surface area (TPSA) is 58.6 Å². The molecule has 1 atom stereocenters. The Morgan fingerprint density at radius 2 is 1.71 bits per heavy atom. The average Bonchev–Trinajstić information content (AvgIpc) is 2.96. The van der Waals surface area contributed by atoms with Gasteiger partial charge in [-0.1, -0.05) is 49.4 Å². The zero-order valence-corrected chi connectivity index (χ0v) is 18.1. The molecule has 1 aliphatic heterocycles. The summed E-state index contributed by atoms with van der Waals surface area (Å²) in [5.41, 5.74) is 2.01. The number of nitrogens with one attached hydrogen (secondary N) is 1. The second-order valence-electron chi connectivity index (χ2n) is 7.34. The standard InChI is InChI=1S/C25H24N2O3S/c1-18-15-16-27(21-12-6-8-14-23(21)31-18)24(28)17-30-22-13-7-5-11-20(22)25(29)26-19-9-3-2-4-10-19/h2-14,18H,15-17H2,1H3,(H,26,29). The number of benzene rings is 3. The summed E-state index contributed by atoms with van der Waals surface area (Å²) < 4.78 is 5.83. The number of rotatable bonds is 5. The fourth-order valence-electron chi connectivity index (χ4n) is 3.46. The van der Waals surface area contributed by atoms with Crippen molar-refractivity contribution in [1.82, 2.24) is 0 Å². The monoisotopic (exact) mass is 432 g/mol. The third-order valence-electron chi connectivity index (χ3n) is 5.06. The molecule has 158 valence electrons. The van der Waals surface area contributed by atoms with Crippen LogP contribution in [0.4, 0.5) is 11.4 Å². The number of thioether (sulfide) groups is 1. The average molecular weight is 433 g/mol. The van der Waals surface area contributed by atoms with E-state index < -0.39 is 0 Å². The number of para-hydroxylation sites is 3. The molecule has 0 aliphatic carbocycles. The largest absolute Gasteiger partial charge is 0.483 e. The molecule has 0 saturated carbocycles. The van der Waals surface area contributed by atoms with Gasteiger partial charge in [0.25, 0.3) is 11.8 Å². The maximum atomic E-state index is 13.1. The molecule has 0 aromatic heterocycles. The molecule has 1 unspecified atom stereocenters. The van der Waals surface area contributed by atoms with Crippen LogP contribution in [0.25, 0.3) is 0 Å². The van der Waals surface area contributed by atoms with Crippen molar-refractivity contribution in [1.29, 1.82) is 0 Å². The molecule has 0 fully saturated rings. The highest BCUT2D eigenvalue weighted by Crippen LogP contribution is 2.37. The third kappa shape index (κ3) is 5.09. The lowest BCUT2D eigenvalue weighted by atomic mass is 10.2. The number of amides is 2. The van der Waals surface area contributed by atoms with Crippen LogP contribution in [0.3, 0.4) is 0 Å². The van der Waals surface area contributed by atoms with Crippen LogP contribution in [0.15, 0.2) is 83.8 Å². The van der Waals surface area contributed by atoms with Gasteiger partial charge in [-0.05, 0) is 42.8 Å². The van der Waals surface area contributed by atoms with Gasteiger partial charge in [0.2, 0.25) is 0 Å². The van der Waals surface area contributed by atoms with Crippen molar-refractivity contribution in [2.45, 2.75) is 23.5 Å². The van der Waals surface area contributed by atoms with Crippen LogP contribution >= 0.6 is 11.8 Å². The number of fused-ring (bicyclic) bond motifs is 1. The number of carbonyl (C=O) groups is 2. The van der Waals surface area contributed by atoms with E-state index in [1.807, 2.05) is 54.6 Å². The highest BCUT2D eigenvalue weighted by molar-refractivity contribution is 8.00. The number of hydrogen-bond acceptors (Lipinski definition) is 4. The first-order chi connectivity index (χ1) is 15.1. The molecule has 6 heteroatoms. The van der Waals surface area contributed by atoms with Crippen LogP contribution in [0, 0.1) is 0 Å². The summed E-state index contributed by atoms with van der Waals surface area (Å²) in [4.78, 5) is 28.7. The number of nitrogens with zero attached hydrogens (tertiary/aromatic N) is 1. The van der Waals surface area contributed by atoms with E-state index in [2.05, 4.69) is 12.2 Å². The summed E-state index contributed by atoms with van der Waals surface area (Å²) in [5, 5.41) is 3.29. The van der Waals surface area contributed by atoms with Crippen LogP contribution in [0.2, 0.25) is 0 Å². The van der Waals surface area contributed by atoms with Gasteiger partial charge in [-0.2, -0.15) is 0 Å². The van der Waals surface area contributed by atoms with Crippen molar-refractivity contribution in [2.75, 3.05) is 23.4 Å². The Morgan fingerprint density at radius 3 is 2.55 bits per heavy atom. The van der Waals surface area contributed by atoms with E-state index in [0.717, 1.165) is 17.0 Å². The fraction of sp³-hybridized carbons (Fsp3) is 0.200. The van der Waals surface area contributed by atoms with Gasteiger partial charge in [0, 0.05) is 22.4 Å². The molecule has 0 saturated heterocycles. The lowest BCUT2D eigenvalue weighted by Crippen LogP contribution is -2.36. The zero-order chi connectivity index (χ0) is 21.6. The van der Waals surface area contributed by atoms with Gasteiger partial charge in [0.05, 0.1) is 11.3 Å². The number of ether oxygens (including phenoxy) is 1. The molecule has 1 aliphatic rings. The Hall–Kier alpha value is -3.25. The van der Waals surface area contributed by atoms with Crippen LogP contribution in [-0.4, -0.2) is 30.2 Å². The normalized spacial score (nSPS) is 15.5. The van der Waals surface area contributed by atoms with E-state index in [9.17, 15) is 9.59 Å². The maximum absolute atomic E-state index is 13.1. The summed E-state index contributed by atoms with van der Waals surface area (Å²) in [7, 11) is 0.